The Morgan fingerprint density at radius 1 is 1.19 bits per heavy atom. The molecule has 0 aromatic heterocycles. The average Bonchev–Trinajstić information content (AvgIpc) is 2.54. The van der Waals surface area contributed by atoms with Gasteiger partial charge in [0.1, 0.15) is 5.82 Å². The van der Waals surface area contributed by atoms with Crippen molar-refractivity contribution in [2.75, 3.05) is 7.11 Å². The zero-order valence-corrected chi connectivity index (χ0v) is 12.3. The molecule has 0 radical (unpaired) electrons. The lowest BCUT2D eigenvalue weighted by molar-refractivity contribution is -0.153. The second-order valence-electron chi connectivity index (χ2n) is 6.26. The first-order valence-corrected chi connectivity index (χ1v) is 7.74. The number of hydrogen-bond acceptors (Lipinski definition) is 3. The van der Waals surface area contributed by atoms with Crippen LogP contribution in [0.5, 0.6) is 0 Å². The molecule has 0 saturated heterocycles. The van der Waals surface area contributed by atoms with E-state index in [1.807, 2.05) is 0 Å². The number of ether oxygens (including phenoxy) is 1. The zero-order valence-electron chi connectivity index (χ0n) is 12.3. The van der Waals surface area contributed by atoms with Gasteiger partial charge in [-0.3, -0.25) is 4.79 Å². The molecule has 4 heteroatoms. The van der Waals surface area contributed by atoms with Crippen LogP contribution in [0.4, 0.5) is 4.39 Å². The molecule has 0 spiro atoms. The van der Waals surface area contributed by atoms with E-state index < -0.39 is 0 Å². The summed E-state index contributed by atoms with van der Waals surface area (Å²) in [5, 5.41) is 3.53. The lowest BCUT2D eigenvalue weighted by Crippen LogP contribution is -2.54. The van der Waals surface area contributed by atoms with Crippen molar-refractivity contribution in [2.24, 2.45) is 17.8 Å². The Morgan fingerprint density at radius 2 is 1.81 bits per heavy atom. The van der Waals surface area contributed by atoms with Crippen molar-refractivity contribution >= 4 is 5.97 Å². The third kappa shape index (κ3) is 2.95. The lowest BCUT2D eigenvalue weighted by atomic mass is 9.61. The monoisotopic (exact) mass is 291 g/mol. The van der Waals surface area contributed by atoms with Crippen LogP contribution in [0.15, 0.2) is 24.3 Å². The number of nitrogens with one attached hydrogen (secondary N) is 1. The maximum absolute atomic E-state index is 12.9. The summed E-state index contributed by atoms with van der Waals surface area (Å²) in [6.45, 7) is 0.668. The highest BCUT2D eigenvalue weighted by atomic mass is 19.1. The Morgan fingerprint density at radius 3 is 2.43 bits per heavy atom. The third-order valence-corrected chi connectivity index (χ3v) is 5.15. The molecule has 0 heterocycles. The first-order chi connectivity index (χ1) is 10.2. The minimum Gasteiger partial charge on any atom is -0.469 e. The number of carbonyl (C=O) groups excluding carboxylic acids is 1. The van der Waals surface area contributed by atoms with E-state index >= 15 is 0 Å². The fourth-order valence-corrected chi connectivity index (χ4v) is 4.06. The fraction of sp³-hybridized carbons (Fsp3) is 0.588. The second-order valence-corrected chi connectivity index (χ2v) is 6.26. The quantitative estimate of drug-likeness (QED) is 0.867. The van der Waals surface area contributed by atoms with Gasteiger partial charge in [0, 0.05) is 12.6 Å². The largest absolute Gasteiger partial charge is 0.469 e. The molecule has 2 atom stereocenters. The van der Waals surface area contributed by atoms with E-state index in [-0.39, 0.29) is 23.7 Å². The SMILES string of the molecule is COC(=O)[C@H]1C2CCC(CC2)[C@H]1NCc1ccc(F)cc1. The van der Waals surface area contributed by atoms with E-state index in [1.54, 1.807) is 12.1 Å². The van der Waals surface area contributed by atoms with Gasteiger partial charge in [-0.25, -0.2) is 4.39 Å². The van der Waals surface area contributed by atoms with E-state index in [2.05, 4.69) is 5.32 Å². The number of halogens is 1. The van der Waals surface area contributed by atoms with Crippen molar-refractivity contribution < 1.29 is 13.9 Å². The molecule has 3 saturated carbocycles. The summed E-state index contributed by atoms with van der Waals surface area (Å²) < 4.78 is 17.9. The van der Waals surface area contributed by atoms with Gasteiger partial charge in [-0.05, 0) is 55.2 Å². The van der Waals surface area contributed by atoms with Crippen LogP contribution in [-0.4, -0.2) is 19.1 Å². The second kappa shape index (κ2) is 6.14. The number of fused-ring (bicyclic) bond motifs is 3. The summed E-state index contributed by atoms with van der Waals surface area (Å²) in [6.07, 6.45) is 4.66. The first-order valence-electron chi connectivity index (χ1n) is 7.74. The molecular weight excluding hydrogens is 269 g/mol. The van der Waals surface area contributed by atoms with Gasteiger partial charge in [-0.1, -0.05) is 12.1 Å². The summed E-state index contributed by atoms with van der Waals surface area (Å²) >= 11 is 0. The topological polar surface area (TPSA) is 38.3 Å². The molecule has 3 fully saturated rings. The predicted molar refractivity (Wildman–Crippen MR) is 78.0 cm³/mol. The van der Waals surface area contributed by atoms with Gasteiger partial charge in [-0.2, -0.15) is 0 Å². The van der Waals surface area contributed by atoms with Crippen molar-refractivity contribution in [2.45, 2.75) is 38.3 Å². The smallest absolute Gasteiger partial charge is 0.310 e. The summed E-state index contributed by atoms with van der Waals surface area (Å²) in [6, 6.07) is 6.71. The van der Waals surface area contributed by atoms with Crippen LogP contribution in [0.2, 0.25) is 0 Å². The summed E-state index contributed by atoms with van der Waals surface area (Å²) in [4.78, 5) is 12.1. The van der Waals surface area contributed by atoms with Crippen molar-refractivity contribution in [3.8, 4) is 0 Å². The lowest BCUT2D eigenvalue weighted by Gasteiger charge is -2.47. The van der Waals surface area contributed by atoms with Gasteiger partial charge in [-0.15, -0.1) is 0 Å². The molecule has 1 N–H and O–H groups in total. The molecule has 4 rings (SSSR count). The van der Waals surface area contributed by atoms with Crippen LogP contribution in [0.3, 0.4) is 0 Å². The van der Waals surface area contributed by atoms with E-state index in [0.717, 1.165) is 18.4 Å². The summed E-state index contributed by atoms with van der Waals surface area (Å²) in [5.74, 6) is 0.680. The van der Waals surface area contributed by atoms with Crippen molar-refractivity contribution in [1.29, 1.82) is 0 Å². The molecule has 0 unspecified atom stereocenters. The normalized spacial score (nSPS) is 31.1. The van der Waals surface area contributed by atoms with Gasteiger partial charge in [0.15, 0.2) is 0 Å². The Labute approximate surface area is 124 Å². The molecule has 114 valence electrons. The highest BCUT2D eigenvalue weighted by Crippen LogP contribution is 2.45. The van der Waals surface area contributed by atoms with Crippen molar-refractivity contribution in [1.82, 2.24) is 5.32 Å². The van der Waals surface area contributed by atoms with E-state index in [9.17, 15) is 9.18 Å². The van der Waals surface area contributed by atoms with Gasteiger partial charge in [0.2, 0.25) is 0 Å². The van der Waals surface area contributed by atoms with Crippen LogP contribution in [0, 0.1) is 23.6 Å². The Kier molecular flexibility index (Phi) is 4.24. The minimum absolute atomic E-state index is 0.0250. The number of methoxy groups -OCH3 is 1. The van der Waals surface area contributed by atoms with Gasteiger partial charge in [0.05, 0.1) is 13.0 Å². The number of benzene rings is 1. The van der Waals surface area contributed by atoms with Gasteiger partial charge in [0.25, 0.3) is 0 Å². The van der Waals surface area contributed by atoms with Crippen LogP contribution in [-0.2, 0) is 16.1 Å². The van der Waals surface area contributed by atoms with Crippen LogP contribution < -0.4 is 5.32 Å². The molecule has 2 bridgehead atoms. The van der Waals surface area contributed by atoms with Crippen molar-refractivity contribution in [3.05, 3.63) is 35.6 Å². The maximum atomic E-state index is 12.9. The average molecular weight is 291 g/mol. The van der Waals surface area contributed by atoms with Gasteiger partial charge >= 0.3 is 5.97 Å². The molecule has 21 heavy (non-hydrogen) atoms. The van der Waals surface area contributed by atoms with Crippen LogP contribution in [0.25, 0.3) is 0 Å². The summed E-state index contributed by atoms with van der Waals surface area (Å²) in [7, 11) is 1.47. The highest BCUT2D eigenvalue weighted by molar-refractivity contribution is 5.74. The molecule has 3 aliphatic carbocycles. The minimum atomic E-state index is -0.220. The molecule has 1 aromatic rings. The number of rotatable bonds is 4. The zero-order chi connectivity index (χ0) is 14.8. The van der Waals surface area contributed by atoms with E-state index in [4.69, 9.17) is 4.74 Å². The molecule has 0 aliphatic heterocycles. The maximum Gasteiger partial charge on any atom is 0.310 e. The molecule has 1 aromatic carbocycles. The number of esters is 1. The Bertz CT molecular complexity index is 494. The van der Waals surface area contributed by atoms with E-state index in [1.165, 1.54) is 32.1 Å². The first kappa shape index (κ1) is 14.5. The van der Waals surface area contributed by atoms with Gasteiger partial charge < -0.3 is 10.1 Å². The third-order valence-electron chi connectivity index (χ3n) is 5.15. The standard InChI is InChI=1S/C17H22FNO2/c1-21-17(20)15-12-4-6-13(7-5-12)16(15)19-10-11-2-8-14(18)9-3-11/h2-3,8-9,12-13,15-16,19H,4-7,10H2,1H3/t12?,13?,15-,16+/m0/s1. The summed E-state index contributed by atoms with van der Waals surface area (Å²) in [5.41, 5.74) is 1.04. The van der Waals surface area contributed by atoms with Crippen molar-refractivity contribution in [3.63, 3.8) is 0 Å². The number of hydrogen-bond donors (Lipinski definition) is 1. The molecule has 3 aliphatic rings. The molecular formula is C17H22FNO2. The number of carbonyl (C=O) groups is 1. The fourth-order valence-electron chi connectivity index (χ4n) is 4.06. The highest BCUT2D eigenvalue weighted by Gasteiger charge is 2.47. The van der Waals surface area contributed by atoms with E-state index in [0.29, 0.717) is 18.4 Å². The molecule has 3 nitrogen and oxygen atoms in total. The van der Waals surface area contributed by atoms with Crippen LogP contribution >= 0.6 is 0 Å². The predicted octanol–water partition coefficient (Wildman–Crippen LogP) is 2.89. The Balaban J connectivity index is 1.69. The van der Waals surface area contributed by atoms with Crippen LogP contribution in [0.1, 0.15) is 31.2 Å². The Hall–Kier alpha value is -1.42. The molecule has 0 amide bonds.